The summed E-state index contributed by atoms with van der Waals surface area (Å²) in [7, 11) is 0. The van der Waals surface area contributed by atoms with Gasteiger partial charge in [0.15, 0.2) is 6.04 Å². The molecule has 2 aromatic heterocycles. The van der Waals surface area contributed by atoms with Crippen LogP contribution in [-0.4, -0.2) is 33.3 Å². The zero-order valence-corrected chi connectivity index (χ0v) is 18.5. The predicted molar refractivity (Wildman–Crippen MR) is 117 cm³/mol. The number of tetrazole rings is 1. The molecule has 1 aliphatic heterocycles. The van der Waals surface area contributed by atoms with Crippen molar-refractivity contribution < 1.29 is 4.90 Å². The van der Waals surface area contributed by atoms with Crippen LogP contribution in [0.2, 0.25) is 0 Å². The quantitative estimate of drug-likeness (QED) is 0.648. The number of aromatic nitrogens is 4. The Morgan fingerprint density at radius 3 is 2.55 bits per heavy atom. The first-order valence-electron chi connectivity index (χ1n) is 10.8. The fourth-order valence-electron chi connectivity index (χ4n) is 4.41. The molecule has 0 saturated carbocycles. The molecule has 0 unspecified atom stereocenters. The molecule has 1 N–H and O–H groups in total. The number of likely N-dealkylation sites (tertiary alicyclic amines) is 1. The van der Waals surface area contributed by atoms with Crippen LogP contribution >= 0.6 is 11.3 Å². The molecule has 1 aliphatic rings. The Bertz CT molecular complexity index is 879. The second-order valence-corrected chi connectivity index (χ2v) is 9.83. The summed E-state index contributed by atoms with van der Waals surface area (Å²) in [6, 6.07) is 15.5. The summed E-state index contributed by atoms with van der Waals surface area (Å²) in [5, 5.41) is 15.2. The average Bonchev–Trinajstić information content (AvgIpc) is 3.43. The number of nitrogens with one attached hydrogen (secondary N) is 1. The van der Waals surface area contributed by atoms with Crippen molar-refractivity contribution in [1.82, 2.24) is 20.2 Å². The van der Waals surface area contributed by atoms with E-state index in [1.807, 2.05) is 11.3 Å². The maximum atomic E-state index is 4.54. The Kier molecular flexibility index (Phi) is 6.11. The lowest BCUT2D eigenvalue weighted by atomic mass is 9.89. The molecule has 1 saturated heterocycles. The summed E-state index contributed by atoms with van der Waals surface area (Å²) >= 11 is 1.82. The summed E-state index contributed by atoms with van der Waals surface area (Å²) in [6.07, 6.45) is 4.70. The van der Waals surface area contributed by atoms with Gasteiger partial charge in [-0.15, -0.1) is 16.4 Å². The molecule has 154 valence electrons. The highest BCUT2D eigenvalue weighted by molar-refractivity contribution is 7.10. The first-order valence-corrected chi connectivity index (χ1v) is 11.7. The van der Waals surface area contributed by atoms with E-state index in [-0.39, 0.29) is 11.6 Å². The van der Waals surface area contributed by atoms with E-state index in [4.69, 9.17) is 0 Å². The summed E-state index contributed by atoms with van der Waals surface area (Å²) in [4.78, 5) is 2.96. The van der Waals surface area contributed by atoms with Crippen molar-refractivity contribution >= 4 is 11.3 Å². The van der Waals surface area contributed by atoms with Crippen LogP contribution in [-0.2, 0) is 12.0 Å². The van der Waals surface area contributed by atoms with E-state index in [0.29, 0.717) is 0 Å². The number of quaternary nitrogens is 1. The zero-order valence-electron chi connectivity index (χ0n) is 17.7. The van der Waals surface area contributed by atoms with Gasteiger partial charge in [0.05, 0.1) is 23.5 Å². The first kappa shape index (κ1) is 20.2. The Hall–Kier alpha value is -2.05. The van der Waals surface area contributed by atoms with Gasteiger partial charge in [-0.1, -0.05) is 43.3 Å². The van der Waals surface area contributed by atoms with Crippen LogP contribution in [0.15, 0.2) is 47.8 Å². The lowest BCUT2D eigenvalue weighted by Gasteiger charge is -2.35. The van der Waals surface area contributed by atoms with Gasteiger partial charge in [-0.3, -0.25) is 0 Å². The highest BCUT2D eigenvalue weighted by Crippen LogP contribution is 2.28. The molecule has 29 heavy (non-hydrogen) atoms. The smallest absolute Gasteiger partial charge is 0.215 e. The van der Waals surface area contributed by atoms with Crippen molar-refractivity contribution in [3.05, 3.63) is 64.1 Å². The average molecular weight is 411 g/mol. The van der Waals surface area contributed by atoms with Gasteiger partial charge in [0.25, 0.3) is 0 Å². The van der Waals surface area contributed by atoms with Crippen LogP contribution in [0.4, 0.5) is 0 Å². The summed E-state index contributed by atoms with van der Waals surface area (Å²) in [6.45, 7) is 8.98. The summed E-state index contributed by atoms with van der Waals surface area (Å²) in [5.41, 5.74) is 1.38. The standard InChI is InChI=1S/C23H31N5S/c1-4-23(2,3)28-22(24-25-26-28)21(20-11-8-16-29-20)27-14-12-19(13-15-27)17-18-9-6-5-7-10-18/h5-11,16,19,21H,4,12-15,17H2,1-3H3/p+1/t21-/m0/s1. The normalized spacial score (nSPS) is 21.2. The van der Waals surface area contributed by atoms with Crippen LogP contribution in [0.3, 0.4) is 0 Å². The third-order valence-electron chi connectivity index (χ3n) is 6.54. The van der Waals surface area contributed by atoms with Gasteiger partial charge >= 0.3 is 0 Å². The third kappa shape index (κ3) is 4.43. The number of hydrogen-bond donors (Lipinski definition) is 1. The number of nitrogens with zero attached hydrogens (tertiary/aromatic N) is 4. The molecule has 3 aromatic rings. The second-order valence-electron chi connectivity index (χ2n) is 8.85. The van der Waals surface area contributed by atoms with Gasteiger partial charge in [0.2, 0.25) is 5.82 Å². The maximum Gasteiger partial charge on any atom is 0.215 e. The van der Waals surface area contributed by atoms with Crippen molar-refractivity contribution in [3.63, 3.8) is 0 Å². The molecule has 3 heterocycles. The second kappa shape index (κ2) is 8.76. The molecule has 0 radical (unpaired) electrons. The molecule has 0 spiro atoms. The van der Waals surface area contributed by atoms with Crippen LogP contribution in [0.5, 0.6) is 0 Å². The molecule has 5 nitrogen and oxygen atoms in total. The summed E-state index contributed by atoms with van der Waals surface area (Å²) < 4.78 is 2.07. The highest BCUT2D eigenvalue weighted by atomic mass is 32.1. The molecular weight excluding hydrogens is 378 g/mol. The minimum absolute atomic E-state index is 0.0839. The van der Waals surface area contributed by atoms with Gasteiger partial charge in [-0.2, -0.15) is 0 Å². The minimum atomic E-state index is -0.0839. The maximum absolute atomic E-state index is 4.54. The van der Waals surface area contributed by atoms with E-state index < -0.39 is 0 Å². The number of thiophene rings is 1. The van der Waals surface area contributed by atoms with Crippen molar-refractivity contribution in [1.29, 1.82) is 0 Å². The predicted octanol–water partition coefficient (Wildman–Crippen LogP) is 3.51. The molecule has 1 fully saturated rings. The molecule has 1 atom stereocenters. The largest absolute Gasteiger partial charge is 0.322 e. The number of hydrogen-bond acceptors (Lipinski definition) is 4. The topological polar surface area (TPSA) is 48.0 Å². The molecule has 1 aromatic carbocycles. The van der Waals surface area contributed by atoms with Gasteiger partial charge in [0.1, 0.15) is 0 Å². The monoisotopic (exact) mass is 410 g/mol. The molecule has 4 rings (SSSR count). The number of benzene rings is 1. The molecular formula is C23H32N5S+. The van der Waals surface area contributed by atoms with E-state index in [0.717, 1.165) is 18.2 Å². The minimum Gasteiger partial charge on any atom is -0.322 e. The molecule has 6 heteroatoms. The van der Waals surface area contributed by atoms with Crippen LogP contribution in [0.25, 0.3) is 0 Å². The Balaban J connectivity index is 1.54. The lowest BCUT2D eigenvalue weighted by Crippen LogP contribution is -3.13. The van der Waals surface area contributed by atoms with Crippen LogP contribution in [0.1, 0.15) is 62.3 Å². The van der Waals surface area contributed by atoms with Crippen molar-refractivity contribution in [3.8, 4) is 0 Å². The molecule has 0 aliphatic carbocycles. The fourth-order valence-corrected chi connectivity index (χ4v) is 5.29. The van der Waals surface area contributed by atoms with Gasteiger partial charge in [-0.05, 0) is 72.9 Å². The van der Waals surface area contributed by atoms with Crippen molar-refractivity contribution in [2.45, 2.75) is 58.0 Å². The lowest BCUT2D eigenvalue weighted by molar-refractivity contribution is -0.932. The van der Waals surface area contributed by atoms with Crippen LogP contribution in [0, 0.1) is 5.92 Å². The molecule has 0 amide bonds. The highest BCUT2D eigenvalue weighted by Gasteiger charge is 2.37. The Labute approximate surface area is 177 Å². The summed E-state index contributed by atoms with van der Waals surface area (Å²) in [5.74, 6) is 1.78. The van der Waals surface area contributed by atoms with E-state index >= 15 is 0 Å². The van der Waals surface area contributed by atoms with Gasteiger partial charge < -0.3 is 4.90 Å². The molecule has 0 bridgehead atoms. The fraction of sp³-hybridized carbons (Fsp3) is 0.522. The first-order chi connectivity index (χ1) is 14.1. The zero-order chi connectivity index (χ0) is 20.3. The van der Waals surface area contributed by atoms with Crippen molar-refractivity contribution in [2.75, 3.05) is 13.1 Å². The SMILES string of the molecule is CCC(C)(C)n1nnnc1[C@H](c1cccs1)[NH+]1CCC(Cc2ccccc2)CC1. The Morgan fingerprint density at radius 1 is 1.14 bits per heavy atom. The number of rotatable bonds is 7. The number of piperidine rings is 1. The van der Waals surface area contributed by atoms with Gasteiger partial charge in [0, 0.05) is 0 Å². The van der Waals surface area contributed by atoms with E-state index in [2.05, 4.69) is 88.8 Å². The van der Waals surface area contributed by atoms with E-state index in [1.54, 1.807) is 4.90 Å². The third-order valence-corrected chi connectivity index (χ3v) is 7.48. The van der Waals surface area contributed by atoms with E-state index in [1.165, 1.54) is 42.8 Å². The van der Waals surface area contributed by atoms with Crippen LogP contribution < -0.4 is 4.90 Å². The van der Waals surface area contributed by atoms with E-state index in [9.17, 15) is 0 Å². The Morgan fingerprint density at radius 2 is 1.90 bits per heavy atom. The van der Waals surface area contributed by atoms with Gasteiger partial charge in [-0.25, -0.2) is 4.68 Å². The van der Waals surface area contributed by atoms with Crippen molar-refractivity contribution in [2.24, 2.45) is 5.92 Å².